The second-order valence-corrected chi connectivity index (χ2v) is 4.91. The summed E-state index contributed by atoms with van der Waals surface area (Å²) in [5, 5.41) is 3.43. The molecule has 3 rings (SSSR count). The van der Waals surface area contributed by atoms with Gasteiger partial charge in [0.1, 0.15) is 12.4 Å². The van der Waals surface area contributed by atoms with E-state index in [1.807, 2.05) is 6.07 Å². The molecule has 0 aliphatic heterocycles. The largest absolute Gasteiger partial charge is 0.352 e. The number of carbonyl (C=O) groups is 1. The molecule has 1 amide bonds. The lowest BCUT2D eigenvalue weighted by Crippen LogP contribution is -2.34. The summed E-state index contributed by atoms with van der Waals surface area (Å²) in [5.41, 5.74) is 0.512. The van der Waals surface area contributed by atoms with Crippen LogP contribution in [0, 0.1) is 6.92 Å². The van der Waals surface area contributed by atoms with Crippen LogP contribution in [0.15, 0.2) is 29.1 Å². The molecule has 1 aliphatic carbocycles. The lowest BCUT2D eigenvalue weighted by atomic mass is 10.2. The van der Waals surface area contributed by atoms with Crippen LogP contribution in [0.4, 0.5) is 0 Å². The number of nitrogens with one attached hydrogen (secondary N) is 1. The van der Waals surface area contributed by atoms with Crippen molar-refractivity contribution in [1.82, 2.24) is 14.9 Å². The van der Waals surface area contributed by atoms with Crippen molar-refractivity contribution in [1.29, 1.82) is 0 Å². The first-order valence-electron chi connectivity index (χ1n) is 6.40. The van der Waals surface area contributed by atoms with Crippen molar-refractivity contribution < 1.29 is 4.79 Å². The number of nitrogens with zero attached hydrogens (tertiary/aromatic N) is 2. The third-order valence-corrected chi connectivity index (χ3v) is 3.30. The molecule has 0 atom stereocenters. The zero-order valence-electron chi connectivity index (χ0n) is 10.7. The summed E-state index contributed by atoms with van der Waals surface area (Å²) < 4.78 is 1.43. The van der Waals surface area contributed by atoms with Crippen molar-refractivity contribution in [2.24, 2.45) is 0 Å². The highest BCUT2D eigenvalue weighted by Crippen LogP contribution is 2.18. The average molecular weight is 257 g/mol. The van der Waals surface area contributed by atoms with E-state index >= 15 is 0 Å². The van der Waals surface area contributed by atoms with Crippen molar-refractivity contribution in [2.45, 2.75) is 32.4 Å². The Hall–Kier alpha value is -2.17. The standard InChI is InChI=1S/C14H15N3O2/c1-9-15-12-5-3-2-4-11(12)14(19)17(9)8-13(18)16-10-6-7-10/h2-5,10H,6-8H2,1H3,(H,16,18). The van der Waals surface area contributed by atoms with Crippen molar-refractivity contribution in [2.75, 3.05) is 0 Å². The van der Waals surface area contributed by atoms with Gasteiger partial charge in [0.05, 0.1) is 10.9 Å². The first-order valence-corrected chi connectivity index (χ1v) is 6.40. The molecule has 0 radical (unpaired) electrons. The molecule has 0 saturated heterocycles. The van der Waals surface area contributed by atoms with Crippen LogP contribution in [0.3, 0.4) is 0 Å². The molecule has 1 aromatic heterocycles. The van der Waals surface area contributed by atoms with E-state index in [0.29, 0.717) is 22.8 Å². The van der Waals surface area contributed by atoms with Gasteiger partial charge >= 0.3 is 0 Å². The Labute approximate surface area is 110 Å². The maximum atomic E-state index is 12.3. The van der Waals surface area contributed by atoms with Gasteiger partial charge in [0.15, 0.2) is 0 Å². The number of aromatic nitrogens is 2. The zero-order chi connectivity index (χ0) is 13.4. The third kappa shape index (κ3) is 2.36. The molecule has 19 heavy (non-hydrogen) atoms. The maximum absolute atomic E-state index is 12.3. The van der Waals surface area contributed by atoms with Gasteiger partial charge in [-0.2, -0.15) is 0 Å². The maximum Gasteiger partial charge on any atom is 0.261 e. The molecule has 0 spiro atoms. The summed E-state index contributed by atoms with van der Waals surface area (Å²) in [6.07, 6.45) is 2.07. The number of para-hydroxylation sites is 1. The predicted molar refractivity (Wildman–Crippen MR) is 71.9 cm³/mol. The van der Waals surface area contributed by atoms with Gasteiger partial charge in [-0.1, -0.05) is 12.1 Å². The van der Waals surface area contributed by atoms with Gasteiger partial charge in [-0.25, -0.2) is 4.98 Å². The van der Waals surface area contributed by atoms with Crippen molar-refractivity contribution in [3.63, 3.8) is 0 Å². The molecule has 0 bridgehead atoms. The molecule has 1 heterocycles. The van der Waals surface area contributed by atoms with E-state index in [0.717, 1.165) is 12.8 Å². The van der Waals surface area contributed by atoms with Gasteiger partial charge < -0.3 is 5.32 Å². The molecule has 1 N–H and O–H groups in total. The van der Waals surface area contributed by atoms with E-state index in [4.69, 9.17) is 0 Å². The van der Waals surface area contributed by atoms with Gasteiger partial charge in [-0.15, -0.1) is 0 Å². The Morgan fingerprint density at radius 2 is 2.16 bits per heavy atom. The smallest absolute Gasteiger partial charge is 0.261 e. The number of fused-ring (bicyclic) bond motifs is 1. The van der Waals surface area contributed by atoms with Crippen LogP contribution in [-0.2, 0) is 11.3 Å². The van der Waals surface area contributed by atoms with Crippen molar-refractivity contribution >= 4 is 16.8 Å². The monoisotopic (exact) mass is 257 g/mol. The summed E-state index contributed by atoms with van der Waals surface area (Å²) in [7, 11) is 0. The molecule has 5 nitrogen and oxygen atoms in total. The molecule has 2 aromatic rings. The second kappa shape index (κ2) is 4.50. The number of carbonyl (C=O) groups excluding carboxylic acids is 1. The average Bonchev–Trinajstić information content (AvgIpc) is 3.18. The van der Waals surface area contributed by atoms with Crippen LogP contribution >= 0.6 is 0 Å². The van der Waals surface area contributed by atoms with Crippen LogP contribution in [0.2, 0.25) is 0 Å². The molecule has 1 aliphatic rings. The molecular weight excluding hydrogens is 242 g/mol. The summed E-state index contributed by atoms with van der Waals surface area (Å²) in [4.78, 5) is 28.5. The van der Waals surface area contributed by atoms with Gasteiger partial charge in [0.2, 0.25) is 5.91 Å². The first kappa shape index (κ1) is 11.9. The van der Waals surface area contributed by atoms with Gasteiger partial charge in [-0.3, -0.25) is 14.2 Å². The fourth-order valence-corrected chi connectivity index (χ4v) is 2.11. The zero-order valence-corrected chi connectivity index (χ0v) is 10.7. The molecular formula is C14H15N3O2. The van der Waals surface area contributed by atoms with Gasteiger partial charge in [0.25, 0.3) is 5.56 Å². The normalized spacial score (nSPS) is 14.6. The highest BCUT2D eigenvalue weighted by Gasteiger charge is 2.23. The Kier molecular flexibility index (Phi) is 2.81. The van der Waals surface area contributed by atoms with E-state index < -0.39 is 0 Å². The lowest BCUT2D eigenvalue weighted by Gasteiger charge is -2.10. The van der Waals surface area contributed by atoms with E-state index in [9.17, 15) is 9.59 Å². The fraction of sp³-hybridized carbons (Fsp3) is 0.357. The van der Waals surface area contributed by atoms with Crippen molar-refractivity contribution in [3.05, 3.63) is 40.4 Å². The van der Waals surface area contributed by atoms with E-state index in [1.54, 1.807) is 25.1 Å². The Morgan fingerprint density at radius 1 is 1.42 bits per heavy atom. The van der Waals surface area contributed by atoms with Crippen molar-refractivity contribution in [3.8, 4) is 0 Å². The molecule has 5 heteroatoms. The second-order valence-electron chi connectivity index (χ2n) is 4.91. The highest BCUT2D eigenvalue weighted by molar-refractivity contribution is 5.79. The summed E-state index contributed by atoms with van der Waals surface area (Å²) >= 11 is 0. The fourth-order valence-electron chi connectivity index (χ4n) is 2.11. The van der Waals surface area contributed by atoms with Crippen LogP contribution in [-0.4, -0.2) is 21.5 Å². The van der Waals surface area contributed by atoms with Crippen LogP contribution < -0.4 is 10.9 Å². The summed E-state index contributed by atoms with van der Waals surface area (Å²) in [6, 6.07) is 7.49. The number of rotatable bonds is 3. The summed E-state index contributed by atoms with van der Waals surface area (Å²) in [5.74, 6) is 0.444. The van der Waals surface area contributed by atoms with Crippen LogP contribution in [0.25, 0.3) is 10.9 Å². The minimum atomic E-state index is -0.158. The number of amides is 1. The number of benzene rings is 1. The Bertz CT molecular complexity index is 701. The van der Waals surface area contributed by atoms with E-state index in [2.05, 4.69) is 10.3 Å². The minimum Gasteiger partial charge on any atom is -0.352 e. The first-order chi connectivity index (χ1) is 9.15. The number of hydrogen-bond donors (Lipinski definition) is 1. The number of aryl methyl sites for hydroxylation is 1. The highest BCUT2D eigenvalue weighted by atomic mass is 16.2. The third-order valence-electron chi connectivity index (χ3n) is 3.30. The topological polar surface area (TPSA) is 64.0 Å². The molecule has 1 fully saturated rings. The Morgan fingerprint density at radius 3 is 2.89 bits per heavy atom. The Balaban J connectivity index is 1.97. The summed E-state index contributed by atoms with van der Waals surface area (Å²) in [6.45, 7) is 1.79. The molecule has 1 aromatic carbocycles. The molecule has 1 saturated carbocycles. The molecule has 0 unspecified atom stereocenters. The van der Waals surface area contributed by atoms with Crippen LogP contribution in [0.1, 0.15) is 18.7 Å². The quantitative estimate of drug-likeness (QED) is 0.891. The molecule has 98 valence electrons. The van der Waals surface area contributed by atoms with Crippen LogP contribution in [0.5, 0.6) is 0 Å². The lowest BCUT2D eigenvalue weighted by molar-refractivity contribution is -0.121. The minimum absolute atomic E-state index is 0.0407. The predicted octanol–water partition coefficient (Wildman–Crippen LogP) is 0.984. The van der Waals surface area contributed by atoms with E-state index in [-0.39, 0.29) is 18.0 Å². The van der Waals surface area contributed by atoms with Gasteiger partial charge in [-0.05, 0) is 31.9 Å². The number of hydrogen-bond acceptors (Lipinski definition) is 3. The van der Waals surface area contributed by atoms with E-state index in [1.165, 1.54) is 4.57 Å². The van der Waals surface area contributed by atoms with Gasteiger partial charge in [0, 0.05) is 6.04 Å². The SMILES string of the molecule is Cc1nc2ccccc2c(=O)n1CC(=O)NC1CC1.